The molecule has 0 radical (unpaired) electrons. The van der Waals surface area contributed by atoms with Crippen molar-refractivity contribution in [1.82, 2.24) is 5.32 Å². The van der Waals surface area contributed by atoms with Gasteiger partial charge in [0.15, 0.2) is 0 Å². The molecule has 0 aliphatic rings. The average molecular weight is 338 g/mol. The maximum atomic E-state index is 5.90. The van der Waals surface area contributed by atoms with Crippen LogP contribution >= 0.6 is 15.9 Å². The van der Waals surface area contributed by atoms with Gasteiger partial charge in [-0.25, -0.2) is 0 Å². The predicted molar refractivity (Wildman–Crippen MR) is 89.0 cm³/mol. The van der Waals surface area contributed by atoms with Crippen molar-refractivity contribution in [1.29, 1.82) is 0 Å². The molecule has 0 bridgehead atoms. The number of benzene rings is 1. The summed E-state index contributed by atoms with van der Waals surface area (Å²) in [4.78, 5) is 0. The van der Waals surface area contributed by atoms with Gasteiger partial charge in [0.05, 0.1) is 6.04 Å². The summed E-state index contributed by atoms with van der Waals surface area (Å²) in [7, 11) is 0. The normalized spacial score (nSPS) is 13.2. The van der Waals surface area contributed by atoms with E-state index >= 15 is 0 Å². The van der Waals surface area contributed by atoms with E-state index in [4.69, 9.17) is 4.42 Å². The summed E-state index contributed by atoms with van der Waals surface area (Å²) < 4.78 is 6.99. The zero-order valence-corrected chi connectivity index (χ0v) is 14.2. The fourth-order valence-corrected chi connectivity index (χ4v) is 2.72. The van der Waals surface area contributed by atoms with Crippen LogP contribution in [-0.2, 0) is 0 Å². The summed E-state index contributed by atoms with van der Waals surface area (Å²) in [5.41, 5.74) is 0.955. The third kappa shape index (κ3) is 4.35. The molecule has 2 nitrogen and oxygen atoms in total. The lowest BCUT2D eigenvalue weighted by Gasteiger charge is -2.11. The van der Waals surface area contributed by atoms with Gasteiger partial charge in [-0.2, -0.15) is 0 Å². The number of halogens is 1. The molecule has 0 aliphatic heterocycles. The van der Waals surface area contributed by atoms with Gasteiger partial charge in [0.25, 0.3) is 0 Å². The Balaban J connectivity index is 1.86. The van der Waals surface area contributed by atoms with Crippen LogP contribution in [0.15, 0.2) is 33.2 Å². The zero-order valence-electron chi connectivity index (χ0n) is 12.6. The van der Waals surface area contributed by atoms with Crippen LogP contribution in [0.2, 0.25) is 0 Å². The molecule has 0 spiro atoms. The van der Waals surface area contributed by atoms with E-state index in [0.29, 0.717) is 0 Å². The number of hydrogen-bond acceptors (Lipinski definition) is 2. The number of nitrogens with one attached hydrogen (secondary N) is 1. The third-order valence-electron chi connectivity index (χ3n) is 3.58. The molecule has 1 heterocycles. The second kappa shape index (κ2) is 7.28. The SMILES string of the molecule is CC(C)CCCCNC(C)c1cc2cc(Br)ccc2o1. The molecule has 1 unspecified atom stereocenters. The monoisotopic (exact) mass is 337 g/mol. The number of rotatable bonds is 7. The minimum atomic E-state index is 0.264. The summed E-state index contributed by atoms with van der Waals surface area (Å²) >= 11 is 3.49. The van der Waals surface area contributed by atoms with E-state index < -0.39 is 0 Å². The summed E-state index contributed by atoms with van der Waals surface area (Å²) in [6.07, 6.45) is 3.84. The Hall–Kier alpha value is -0.800. The van der Waals surface area contributed by atoms with Crippen molar-refractivity contribution in [3.63, 3.8) is 0 Å². The Kier molecular flexibility index (Phi) is 5.67. The maximum absolute atomic E-state index is 5.90. The highest BCUT2D eigenvalue weighted by molar-refractivity contribution is 9.10. The first kappa shape index (κ1) is 15.6. The first-order valence-electron chi connectivity index (χ1n) is 7.48. The lowest BCUT2D eigenvalue weighted by molar-refractivity contribution is 0.438. The smallest absolute Gasteiger partial charge is 0.134 e. The number of furan rings is 1. The third-order valence-corrected chi connectivity index (χ3v) is 4.08. The van der Waals surface area contributed by atoms with Crippen LogP contribution in [0.1, 0.15) is 51.8 Å². The Morgan fingerprint density at radius 2 is 1.95 bits per heavy atom. The fraction of sp³-hybridized carbons (Fsp3) is 0.529. The van der Waals surface area contributed by atoms with Gasteiger partial charge in [-0.3, -0.25) is 0 Å². The van der Waals surface area contributed by atoms with Gasteiger partial charge in [-0.15, -0.1) is 0 Å². The lowest BCUT2D eigenvalue weighted by atomic mass is 10.1. The van der Waals surface area contributed by atoms with Crippen LogP contribution < -0.4 is 5.32 Å². The molecule has 0 saturated heterocycles. The summed E-state index contributed by atoms with van der Waals surface area (Å²) in [5, 5.41) is 4.70. The zero-order chi connectivity index (χ0) is 14.5. The van der Waals surface area contributed by atoms with E-state index in [-0.39, 0.29) is 6.04 Å². The Bertz CT molecular complexity index is 547. The second-order valence-electron chi connectivity index (χ2n) is 5.90. The van der Waals surface area contributed by atoms with Crippen molar-refractivity contribution in [3.8, 4) is 0 Å². The van der Waals surface area contributed by atoms with Gasteiger partial charge in [0.2, 0.25) is 0 Å². The standard InChI is InChI=1S/C17H24BrNO/c1-12(2)6-4-5-9-19-13(3)17-11-14-10-15(18)7-8-16(14)20-17/h7-8,10-13,19H,4-6,9H2,1-3H3. The molecule has 20 heavy (non-hydrogen) atoms. The molecule has 0 fully saturated rings. The highest BCUT2D eigenvalue weighted by Gasteiger charge is 2.11. The van der Waals surface area contributed by atoms with Crippen LogP contribution in [0.4, 0.5) is 0 Å². The number of fused-ring (bicyclic) bond motifs is 1. The number of unbranched alkanes of at least 4 members (excludes halogenated alkanes) is 1. The van der Waals surface area contributed by atoms with Gasteiger partial charge in [-0.1, -0.05) is 42.6 Å². The molecule has 110 valence electrons. The Labute approximate surface area is 130 Å². The summed E-state index contributed by atoms with van der Waals surface area (Å²) in [6.45, 7) is 7.77. The molecule has 0 amide bonds. The van der Waals surface area contributed by atoms with Crippen molar-refractivity contribution in [2.75, 3.05) is 6.54 Å². The van der Waals surface area contributed by atoms with Crippen LogP contribution in [0.5, 0.6) is 0 Å². The quantitative estimate of drug-likeness (QED) is 0.658. The first-order chi connectivity index (χ1) is 9.56. The van der Waals surface area contributed by atoms with E-state index in [1.807, 2.05) is 12.1 Å². The molecular weight excluding hydrogens is 314 g/mol. The molecule has 0 aliphatic carbocycles. The lowest BCUT2D eigenvalue weighted by Crippen LogP contribution is -2.19. The van der Waals surface area contributed by atoms with Crippen LogP contribution in [0.3, 0.4) is 0 Å². The largest absolute Gasteiger partial charge is 0.459 e. The summed E-state index contributed by atoms with van der Waals surface area (Å²) in [6, 6.07) is 8.52. The molecule has 1 aromatic carbocycles. The predicted octanol–water partition coefficient (Wildman–Crippen LogP) is 5.67. The van der Waals surface area contributed by atoms with E-state index in [1.165, 1.54) is 19.3 Å². The Morgan fingerprint density at radius 3 is 2.70 bits per heavy atom. The molecule has 0 saturated carbocycles. The van der Waals surface area contributed by atoms with Gasteiger partial charge < -0.3 is 9.73 Å². The van der Waals surface area contributed by atoms with Crippen molar-refractivity contribution in [2.24, 2.45) is 5.92 Å². The second-order valence-corrected chi connectivity index (χ2v) is 6.81. The van der Waals surface area contributed by atoms with E-state index in [0.717, 1.165) is 33.7 Å². The van der Waals surface area contributed by atoms with Crippen LogP contribution in [0, 0.1) is 5.92 Å². The molecule has 2 rings (SSSR count). The molecule has 2 aromatic rings. The molecule has 1 aromatic heterocycles. The van der Waals surface area contributed by atoms with Crippen molar-refractivity contribution >= 4 is 26.9 Å². The van der Waals surface area contributed by atoms with Gasteiger partial charge in [0, 0.05) is 9.86 Å². The highest BCUT2D eigenvalue weighted by Crippen LogP contribution is 2.26. The van der Waals surface area contributed by atoms with Crippen molar-refractivity contribution in [2.45, 2.75) is 46.1 Å². The van der Waals surface area contributed by atoms with Crippen LogP contribution in [-0.4, -0.2) is 6.54 Å². The van der Waals surface area contributed by atoms with Crippen LogP contribution in [0.25, 0.3) is 11.0 Å². The van der Waals surface area contributed by atoms with E-state index in [1.54, 1.807) is 0 Å². The van der Waals surface area contributed by atoms with Crippen molar-refractivity contribution in [3.05, 3.63) is 34.5 Å². The highest BCUT2D eigenvalue weighted by atomic mass is 79.9. The Morgan fingerprint density at radius 1 is 1.15 bits per heavy atom. The van der Waals surface area contributed by atoms with Gasteiger partial charge >= 0.3 is 0 Å². The summed E-state index contributed by atoms with van der Waals surface area (Å²) in [5.74, 6) is 1.82. The molecule has 3 heteroatoms. The van der Waals surface area contributed by atoms with Gasteiger partial charge in [-0.05, 0) is 50.1 Å². The maximum Gasteiger partial charge on any atom is 0.134 e. The molecule has 1 N–H and O–H groups in total. The fourth-order valence-electron chi connectivity index (χ4n) is 2.34. The molecular formula is C17H24BrNO. The average Bonchev–Trinajstić information content (AvgIpc) is 2.80. The topological polar surface area (TPSA) is 25.2 Å². The minimum absolute atomic E-state index is 0.264. The van der Waals surface area contributed by atoms with Crippen molar-refractivity contribution < 1.29 is 4.42 Å². The van der Waals surface area contributed by atoms with E-state index in [2.05, 4.69) is 54.2 Å². The minimum Gasteiger partial charge on any atom is -0.459 e. The first-order valence-corrected chi connectivity index (χ1v) is 8.28. The number of hydrogen-bond donors (Lipinski definition) is 1. The van der Waals surface area contributed by atoms with Gasteiger partial charge in [0.1, 0.15) is 11.3 Å². The van der Waals surface area contributed by atoms with E-state index in [9.17, 15) is 0 Å². The molecule has 1 atom stereocenters.